The SMILES string of the molecule is C=CC[C@H](C)[C@@H](C)/[SH](=O)=N\C(=O)c1ccc2c(c1)N(C[C@@H]1CC[C@H]1[C@H](C=C)OC)Cc1ccc(Cl)cc1CCCCO2. The van der Waals surface area contributed by atoms with Gasteiger partial charge in [-0.05, 0) is 105 Å². The second-order valence-electron chi connectivity index (χ2n) is 11.7. The molecule has 0 N–H and O–H groups in total. The number of nitrogens with zero attached hydrogens (tertiary/aromatic N) is 2. The Bertz CT molecular complexity index is 1360. The summed E-state index contributed by atoms with van der Waals surface area (Å²) in [6.45, 7) is 13.7. The van der Waals surface area contributed by atoms with E-state index in [2.05, 4.69) is 34.6 Å². The standard InChI is InChI=1S/C34H45ClN2O4S/c1-6-10-23(3)24(4)42(39)36-34(38)26-14-17-33-31(20-26)37(22-28-13-16-30(28)32(7-2)40-5)21-27-12-15-29(35)19-25(27)11-8-9-18-41-33/h6-7,12,14-15,17,19-20,23-24,28,30,32,42H,1-2,8-11,13,16,18,21-22H2,3-5H3/t23-,24+,28-,30+,32-/m0/s1. The fourth-order valence-electron chi connectivity index (χ4n) is 5.95. The van der Waals surface area contributed by atoms with Gasteiger partial charge in [-0.3, -0.25) is 9.00 Å². The van der Waals surface area contributed by atoms with Crippen LogP contribution in [0, 0.1) is 17.8 Å². The number of methoxy groups -OCH3 is 1. The number of halogens is 1. The molecular weight excluding hydrogens is 568 g/mol. The van der Waals surface area contributed by atoms with Gasteiger partial charge < -0.3 is 14.4 Å². The van der Waals surface area contributed by atoms with E-state index >= 15 is 0 Å². The lowest BCUT2D eigenvalue weighted by atomic mass is 9.70. The van der Waals surface area contributed by atoms with E-state index in [0.29, 0.717) is 30.6 Å². The Morgan fingerprint density at radius 2 is 2.00 bits per heavy atom. The molecule has 228 valence electrons. The van der Waals surface area contributed by atoms with E-state index in [-0.39, 0.29) is 17.3 Å². The molecule has 0 saturated heterocycles. The van der Waals surface area contributed by atoms with Crippen molar-refractivity contribution in [1.29, 1.82) is 0 Å². The molecule has 2 aliphatic rings. The molecule has 1 amide bonds. The van der Waals surface area contributed by atoms with Crippen LogP contribution in [-0.4, -0.2) is 41.7 Å². The van der Waals surface area contributed by atoms with Crippen LogP contribution < -0.4 is 9.64 Å². The molecule has 6 nitrogen and oxygen atoms in total. The fraction of sp³-hybridized carbons (Fsp3) is 0.500. The summed E-state index contributed by atoms with van der Waals surface area (Å²) in [6, 6.07) is 11.6. The molecule has 2 aromatic carbocycles. The van der Waals surface area contributed by atoms with Gasteiger partial charge in [0.05, 0.1) is 18.4 Å². The normalized spacial score (nSPS) is 21.8. The van der Waals surface area contributed by atoms with Crippen LogP contribution in [0.4, 0.5) is 5.69 Å². The molecule has 1 unspecified atom stereocenters. The number of ether oxygens (including phenoxy) is 2. The molecule has 0 aromatic heterocycles. The summed E-state index contributed by atoms with van der Waals surface area (Å²) >= 11 is 6.41. The number of benzene rings is 2. The van der Waals surface area contributed by atoms with Crippen LogP contribution in [0.1, 0.15) is 67.4 Å². The number of carbonyl (C=O) groups is 1. The van der Waals surface area contributed by atoms with Crippen LogP contribution in [0.5, 0.6) is 5.75 Å². The lowest BCUT2D eigenvalue weighted by Gasteiger charge is -2.43. The molecule has 42 heavy (non-hydrogen) atoms. The van der Waals surface area contributed by atoms with E-state index in [1.807, 2.05) is 44.2 Å². The molecule has 6 atom stereocenters. The molecule has 1 saturated carbocycles. The van der Waals surface area contributed by atoms with Crippen molar-refractivity contribution in [2.24, 2.45) is 22.1 Å². The highest BCUT2D eigenvalue weighted by Gasteiger charge is 2.37. The molecular formula is C34H45ClN2O4S. The Kier molecular flexibility index (Phi) is 11.7. The first-order chi connectivity index (χ1) is 20.2. The number of hydrogen-bond donors (Lipinski definition) is 1. The zero-order chi connectivity index (χ0) is 30.2. The summed E-state index contributed by atoms with van der Waals surface area (Å²) in [7, 11) is -0.325. The van der Waals surface area contributed by atoms with E-state index < -0.39 is 16.5 Å². The summed E-state index contributed by atoms with van der Waals surface area (Å²) in [4.78, 5) is 15.7. The van der Waals surface area contributed by atoms with Gasteiger partial charge in [-0.2, -0.15) is 4.36 Å². The molecule has 0 radical (unpaired) electrons. The fourth-order valence-corrected chi connectivity index (χ4v) is 7.18. The van der Waals surface area contributed by atoms with Crippen molar-refractivity contribution in [3.8, 4) is 5.75 Å². The minimum Gasteiger partial charge on any atom is -0.491 e. The summed E-state index contributed by atoms with van der Waals surface area (Å²) in [5.41, 5.74) is 3.71. The molecule has 0 bridgehead atoms. The molecule has 4 rings (SSSR count). The number of anilines is 1. The van der Waals surface area contributed by atoms with Gasteiger partial charge in [0.15, 0.2) is 0 Å². The molecule has 1 fully saturated rings. The molecule has 0 spiro atoms. The second kappa shape index (κ2) is 15.2. The number of thiol groups is 1. The van der Waals surface area contributed by atoms with Crippen molar-refractivity contribution in [2.75, 3.05) is 25.2 Å². The van der Waals surface area contributed by atoms with Crippen LogP contribution in [0.2, 0.25) is 5.02 Å². The predicted molar refractivity (Wildman–Crippen MR) is 174 cm³/mol. The quantitative estimate of drug-likeness (QED) is 0.220. The van der Waals surface area contributed by atoms with Gasteiger partial charge in [0.2, 0.25) is 0 Å². The Hall–Kier alpha value is -2.61. The topological polar surface area (TPSA) is 68.2 Å². The third kappa shape index (κ3) is 7.86. The third-order valence-electron chi connectivity index (χ3n) is 8.93. The zero-order valence-electron chi connectivity index (χ0n) is 25.1. The van der Waals surface area contributed by atoms with Crippen LogP contribution in [-0.2, 0) is 28.3 Å². The van der Waals surface area contributed by atoms with Crippen LogP contribution in [0.25, 0.3) is 0 Å². The molecule has 1 heterocycles. The Morgan fingerprint density at radius 1 is 1.19 bits per heavy atom. The lowest BCUT2D eigenvalue weighted by molar-refractivity contribution is 0.0137. The minimum atomic E-state index is -2.06. The van der Waals surface area contributed by atoms with Crippen molar-refractivity contribution in [3.05, 3.63) is 83.4 Å². The first kappa shape index (κ1) is 32.3. The van der Waals surface area contributed by atoms with Gasteiger partial charge in [-0.15, -0.1) is 13.2 Å². The first-order valence-electron chi connectivity index (χ1n) is 15.0. The van der Waals surface area contributed by atoms with Crippen LogP contribution in [0.15, 0.2) is 66.1 Å². The van der Waals surface area contributed by atoms with Crippen molar-refractivity contribution < 1.29 is 18.5 Å². The molecule has 1 aliphatic carbocycles. The van der Waals surface area contributed by atoms with E-state index in [1.54, 1.807) is 13.2 Å². The highest BCUT2D eigenvalue weighted by molar-refractivity contribution is 7.76. The van der Waals surface area contributed by atoms with Crippen molar-refractivity contribution >= 4 is 33.8 Å². The average molecular weight is 613 g/mol. The van der Waals surface area contributed by atoms with Gasteiger partial charge in [0, 0.05) is 46.6 Å². The van der Waals surface area contributed by atoms with Gasteiger partial charge in [0.25, 0.3) is 5.91 Å². The largest absolute Gasteiger partial charge is 0.491 e. The highest BCUT2D eigenvalue weighted by atomic mass is 35.5. The number of amides is 1. The van der Waals surface area contributed by atoms with Crippen molar-refractivity contribution in [1.82, 2.24) is 0 Å². The second-order valence-corrected chi connectivity index (χ2v) is 13.7. The van der Waals surface area contributed by atoms with Gasteiger partial charge in [-0.25, -0.2) is 0 Å². The summed E-state index contributed by atoms with van der Waals surface area (Å²) in [6.07, 6.45) is 9.44. The lowest BCUT2D eigenvalue weighted by Crippen LogP contribution is -2.43. The molecule has 1 aliphatic heterocycles. The summed E-state index contributed by atoms with van der Waals surface area (Å²) in [5.74, 6) is 1.17. The first-order valence-corrected chi connectivity index (χ1v) is 16.7. The number of hydrogen-bond acceptors (Lipinski definition) is 5. The predicted octanol–water partition coefficient (Wildman–Crippen LogP) is 7.69. The molecule has 8 heteroatoms. The third-order valence-corrected chi connectivity index (χ3v) is 10.8. The minimum absolute atomic E-state index is 0.00276. The van der Waals surface area contributed by atoms with E-state index in [0.717, 1.165) is 61.5 Å². The van der Waals surface area contributed by atoms with Crippen molar-refractivity contribution in [2.45, 2.75) is 70.3 Å². The van der Waals surface area contributed by atoms with Crippen molar-refractivity contribution in [3.63, 3.8) is 0 Å². The highest BCUT2D eigenvalue weighted by Crippen LogP contribution is 2.42. The average Bonchev–Trinajstić information content (AvgIpc) is 3.00. The van der Waals surface area contributed by atoms with Gasteiger partial charge in [0.1, 0.15) is 5.75 Å². The number of aryl methyl sites for hydroxylation is 1. The summed E-state index contributed by atoms with van der Waals surface area (Å²) < 4.78 is 29.2. The Balaban J connectivity index is 1.73. The van der Waals surface area contributed by atoms with Gasteiger partial charge >= 0.3 is 0 Å². The number of rotatable bonds is 10. The van der Waals surface area contributed by atoms with Gasteiger partial charge in [-0.1, -0.05) is 36.7 Å². The maximum atomic E-state index is 13.3. The van der Waals surface area contributed by atoms with E-state index in [1.165, 1.54) is 11.1 Å². The molecule has 2 aromatic rings. The van der Waals surface area contributed by atoms with E-state index in [4.69, 9.17) is 21.1 Å². The van der Waals surface area contributed by atoms with Crippen LogP contribution in [0.3, 0.4) is 0 Å². The van der Waals surface area contributed by atoms with E-state index in [9.17, 15) is 9.00 Å². The number of fused-ring (bicyclic) bond motifs is 2. The Labute approximate surface area is 258 Å². The number of allylic oxidation sites excluding steroid dienone is 1. The Morgan fingerprint density at radius 3 is 2.69 bits per heavy atom. The monoisotopic (exact) mass is 612 g/mol. The maximum absolute atomic E-state index is 13.3. The maximum Gasteiger partial charge on any atom is 0.284 e. The summed E-state index contributed by atoms with van der Waals surface area (Å²) in [5, 5.41) is 0.514. The smallest absolute Gasteiger partial charge is 0.284 e. The van der Waals surface area contributed by atoms with Crippen LogP contribution >= 0.6 is 11.6 Å². The zero-order valence-corrected chi connectivity index (χ0v) is 26.8. The number of carbonyl (C=O) groups excluding carboxylic acids is 1.